The van der Waals surface area contributed by atoms with Gasteiger partial charge >= 0.3 is 127 Å². The van der Waals surface area contributed by atoms with Crippen molar-refractivity contribution >= 4 is 39.5 Å². The molecule has 0 aliphatic carbocycles. The van der Waals surface area contributed by atoms with Gasteiger partial charge in [0.1, 0.15) is 0 Å². The molecule has 0 amide bonds. The Morgan fingerprint density at radius 1 is 0.750 bits per heavy atom. The summed E-state index contributed by atoms with van der Waals surface area (Å²) >= 11 is 2.78. The van der Waals surface area contributed by atoms with Crippen LogP contribution >= 0.6 is 19.8 Å². The van der Waals surface area contributed by atoms with Crippen LogP contribution in [0.4, 0.5) is 0 Å². The van der Waals surface area contributed by atoms with Crippen LogP contribution in [0.3, 0.4) is 0 Å². The van der Waals surface area contributed by atoms with E-state index in [0.29, 0.717) is 0 Å². The average Bonchev–Trinajstić information content (AvgIpc) is 2.31. The van der Waals surface area contributed by atoms with Crippen LogP contribution in [0, 0.1) is 7.43 Å². The number of halogens is 1. The van der Waals surface area contributed by atoms with Gasteiger partial charge in [-0.1, -0.05) is 0 Å². The van der Waals surface area contributed by atoms with Gasteiger partial charge < -0.3 is 7.43 Å². The minimum atomic E-state index is -0.839. The molecular formula is C13H30ISnZn. The zero-order valence-electron chi connectivity index (χ0n) is 11.9. The summed E-state index contributed by atoms with van der Waals surface area (Å²) in [6.45, 7) is 7.00. The average molecular weight is 497 g/mol. The van der Waals surface area contributed by atoms with Gasteiger partial charge in [-0.25, -0.2) is 0 Å². The zero-order valence-corrected chi connectivity index (χ0v) is 19.9. The molecule has 0 unspecified atom stereocenters. The number of hydrogen-bond donors (Lipinski definition) is 0. The van der Waals surface area contributed by atoms with Crippen LogP contribution < -0.4 is 0 Å². The van der Waals surface area contributed by atoms with E-state index in [-0.39, 0.29) is 7.43 Å². The van der Waals surface area contributed by atoms with Gasteiger partial charge in [-0.15, -0.1) is 0 Å². The summed E-state index contributed by atoms with van der Waals surface area (Å²) in [5.74, 6) is 0. The molecule has 0 bridgehead atoms. The van der Waals surface area contributed by atoms with E-state index in [1.54, 1.807) is 13.3 Å². The maximum absolute atomic E-state index is 2.33. The molecule has 95 valence electrons. The first-order valence-electron chi connectivity index (χ1n) is 6.45. The Hall–Kier alpha value is 2.15. The van der Waals surface area contributed by atoms with Gasteiger partial charge in [-0.2, -0.15) is 0 Å². The normalized spacial score (nSPS) is 9.44. The van der Waals surface area contributed by atoms with Crippen molar-refractivity contribution < 1.29 is 14.8 Å². The standard InChI is InChI=1S/3C4H9.CH3.HI.Sn.Zn/c3*1-3-4-2;;;;/h3*1,3-4H2,2H3;1H3;1H;;/q;;;-1;;;+2/p-1. The van der Waals surface area contributed by atoms with Crippen molar-refractivity contribution in [3.05, 3.63) is 7.43 Å². The second-order valence-electron chi connectivity index (χ2n) is 4.06. The summed E-state index contributed by atoms with van der Waals surface area (Å²) in [6.07, 6.45) is 8.85. The molecule has 0 fully saturated rings. The fourth-order valence-corrected chi connectivity index (χ4v) is 11.1. The first-order chi connectivity index (χ1) is 7.35. The van der Waals surface area contributed by atoms with Gasteiger partial charge in [0.05, 0.1) is 0 Å². The van der Waals surface area contributed by atoms with Gasteiger partial charge in [-0.3, -0.25) is 0 Å². The molecule has 0 aliphatic rings. The third kappa shape index (κ3) is 18.5. The van der Waals surface area contributed by atoms with Crippen molar-refractivity contribution in [2.75, 3.05) is 0 Å². The molecule has 3 heteroatoms. The molecule has 0 aromatic heterocycles. The van der Waals surface area contributed by atoms with Crippen LogP contribution in [-0.4, -0.2) is 19.8 Å². The van der Waals surface area contributed by atoms with Gasteiger partial charge in [0.25, 0.3) is 0 Å². The minimum absolute atomic E-state index is 0. The third-order valence-corrected chi connectivity index (χ3v) is 11.7. The topological polar surface area (TPSA) is 0 Å². The third-order valence-electron chi connectivity index (χ3n) is 2.65. The molecule has 16 heavy (non-hydrogen) atoms. The molecule has 0 heterocycles. The molecule has 0 saturated heterocycles. The van der Waals surface area contributed by atoms with Gasteiger partial charge in [0, 0.05) is 0 Å². The predicted molar refractivity (Wildman–Crippen MR) is 85.3 cm³/mol. The van der Waals surface area contributed by atoms with E-state index >= 15 is 0 Å². The number of rotatable bonds is 9. The predicted octanol–water partition coefficient (Wildman–Crippen LogP) is 6.21. The van der Waals surface area contributed by atoms with Crippen LogP contribution in [0.1, 0.15) is 59.3 Å². The first kappa shape index (κ1) is 23.3. The number of unbranched alkanes of at least 4 members (excludes halogenated alkanes) is 3. The van der Waals surface area contributed by atoms with Gasteiger partial charge in [0.15, 0.2) is 0 Å². The Balaban J connectivity index is -0.000000529. The molecular weight excluding hydrogens is 467 g/mol. The molecule has 0 saturated carbocycles. The van der Waals surface area contributed by atoms with E-state index in [1.165, 1.54) is 53.3 Å². The SMILES string of the molecule is CCC[CH2][Sn]([CH2]CCC)[CH2]CCC.[CH3-].[Zn+][I]. The van der Waals surface area contributed by atoms with E-state index in [1.807, 2.05) is 0 Å². The van der Waals surface area contributed by atoms with Crippen molar-refractivity contribution in [1.29, 1.82) is 0 Å². The summed E-state index contributed by atoms with van der Waals surface area (Å²) < 4.78 is 5.04. The molecule has 0 nitrogen and oxygen atoms in total. The van der Waals surface area contributed by atoms with Gasteiger partial charge in [-0.05, 0) is 0 Å². The molecule has 0 atom stereocenters. The van der Waals surface area contributed by atoms with E-state index in [4.69, 9.17) is 0 Å². The molecule has 0 aromatic rings. The Kier molecular flexibility index (Phi) is 32.5. The fourth-order valence-electron chi connectivity index (χ4n) is 1.66. The van der Waals surface area contributed by atoms with Crippen molar-refractivity contribution in [1.82, 2.24) is 0 Å². The van der Waals surface area contributed by atoms with Crippen molar-refractivity contribution in [3.63, 3.8) is 0 Å². The monoisotopic (exact) mass is 497 g/mol. The summed E-state index contributed by atoms with van der Waals surface area (Å²) in [5, 5.41) is 0. The quantitative estimate of drug-likeness (QED) is 0.202. The van der Waals surface area contributed by atoms with Crippen LogP contribution in [0.15, 0.2) is 0 Å². The van der Waals surface area contributed by atoms with Crippen molar-refractivity contribution in [2.45, 2.75) is 72.6 Å². The molecule has 0 aromatic carbocycles. The first-order valence-corrected chi connectivity index (χ1v) is 21.6. The number of hydrogen-bond acceptors (Lipinski definition) is 0. The molecule has 1 radical (unpaired) electrons. The summed E-state index contributed by atoms with van der Waals surface area (Å²) in [6, 6.07) is 0. The molecule has 0 aliphatic heterocycles. The second-order valence-corrected chi connectivity index (χ2v) is 12.6. The molecule has 0 spiro atoms. The van der Waals surface area contributed by atoms with Crippen molar-refractivity contribution in [2.24, 2.45) is 0 Å². The molecule has 0 N–H and O–H groups in total. The van der Waals surface area contributed by atoms with Crippen LogP contribution in [-0.2, 0) is 14.8 Å². The van der Waals surface area contributed by atoms with E-state index in [0.717, 1.165) is 0 Å². The van der Waals surface area contributed by atoms with Crippen molar-refractivity contribution in [3.8, 4) is 0 Å². The fraction of sp³-hybridized carbons (Fsp3) is 0.923. The van der Waals surface area contributed by atoms with E-state index < -0.39 is 19.8 Å². The Labute approximate surface area is 133 Å². The Morgan fingerprint density at radius 2 is 1.00 bits per heavy atom. The second kappa shape index (κ2) is 22.3. The zero-order chi connectivity index (χ0) is 11.9. The molecule has 0 rings (SSSR count). The van der Waals surface area contributed by atoms with Crippen LogP contribution in [0.5, 0.6) is 0 Å². The maximum atomic E-state index is 2.33. The summed E-state index contributed by atoms with van der Waals surface area (Å²) in [7, 11) is 0. The Bertz CT molecular complexity index is 82.9. The van der Waals surface area contributed by atoms with Crippen LogP contribution in [0.2, 0.25) is 13.3 Å². The summed E-state index contributed by atoms with van der Waals surface area (Å²) in [4.78, 5) is 0. The van der Waals surface area contributed by atoms with Gasteiger partial charge in [0.2, 0.25) is 0 Å². The Morgan fingerprint density at radius 3 is 1.19 bits per heavy atom. The van der Waals surface area contributed by atoms with Crippen LogP contribution in [0.25, 0.3) is 0 Å². The van der Waals surface area contributed by atoms with E-state index in [2.05, 4.69) is 40.5 Å². The summed E-state index contributed by atoms with van der Waals surface area (Å²) in [5.41, 5.74) is 0. The van der Waals surface area contributed by atoms with E-state index in [9.17, 15) is 0 Å².